The second-order valence-corrected chi connectivity index (χ2v) is 12.8. The fourth-order valence-electron chi connectivity index (χ4n) is 7.56. The third-order valence-corrected chi connectivity index (χ3v) is 9.73. The van der Waals surface area contributed by atoms with Crippen LogP contribution in [0.4, 0.5) is 0 Å². The molecule has 0 N–H and O–H groups in total. The van der Waals surface area contributed by atoms with Gasteiger partial charge in [0.25, 0.3) is 0 Å². The summed E-state index contributed by atoms with van der Waals surface area (Å²) >= 11 is 0. The van der Waals surface area contributed by atoms with Gasteiger partial charge in [-0.3, -0.25) is 0 Å². The molecule has 222 valence electrons. The van der Waals surface area contributed by atoms with Gasteiger partial charge in [0.2, 0.25) is 0 Å². The molecule has 47 heavy (non-hydrogen) atoms. The lowest BCUT2D eigenvalue weighted by Gasteiger charge is -2.24. The first-order valence-electron chi connectivity index (χ1n) is 16.1. The Hall–Kier alpha value is -5.93. The molecule has 0 saturated carbocycles. The molecular formula is C44H31N3. The standard InChI is InChI=1S/C44H31N3/c1-44(2)39-25-11-10-21-35(39)36-23-13-24-38(40(36)44)43-46-41(29-15-4-3-5-16-29)45-42(47-43)37-27-26-34(32-19-8-9-20-33(32)37)31-22-12-17-28-14-6-7-18-30(28)31/h3-27H,1-2H3. The van der Waals surface area contributed by atoms with Gasteiger partial charge in [-0.25, -0.2) is 15.0 Å². The first-order chi connectivity index (χ1) is 23.1. The van der Waals surface area contributed by atoms with E-state index in [-0.39, 0.29) is 5.41 Å². The lowest BCUT2D eigenvalue weighted by molar-refractivity contribution is 0.661. The average molecular weight is 602 g/mol. The molecule has 9 rings (SSSR count). The van der Waals surface area contributed by atoms with Gasteiger partial charge in [0, 0.05) is 22.1 Å². The van der Waals surface area contributed by atoms with E-state index in [4.69, 9.17) is 15.0 Å². The van der Waals surface area contributed by atoms with Crippen LogP contribution in [0, 0.1) is 0 Å². The molecule has 0 aliphatic heterocycles. The molecular weight excluding hydrogens is 571 g/mol. The van der Waals surface area contributed by atoms with Crippen LogP contribution in [0.5, 0.6) is 0 Å². The number of hydrogen-bond donors (Lipinski definition) is 0. The van der Waals surface area contributed by atoms with Crippen molar-refractivity contribution < 1.29 is 0 Å². The maximum atomic E-state index is 5.29. The average Bonchev–Trinajstić information content (AvgIpc) is 3.37. The van der Waals surface area contributed by atoms with E-state index in [1.807, 2.05) is 18.2 Å². The van der Waals surface area contributed by atoms with Crippen molar-refractivity contribution >= 4 is 21.5 Å². The molecule has 0 atom stereocenters. The Kier molecular flexibility index (Phi) is 6.16. The van der Waals surface area contributed by atoms with E-state index in [2.05, 4.69) is 147 Å². The zero-order valence-corrected chi connectivity index (χ0v) is 26.3. The smallest absolute Gasteiger partial charge is 0.164 e. The van der Waals surface area contributed by atoms with Crippen molar-refractivity contribution in [3.8, 4) is 56.4 Å². The topological polar surface area (TPSA) is 38.7 Å². The van der Waals surface area contributed by atoms with Gasteiger partial charge >= 0.3 is 0 Å². The highest BCUT2D eigenvalue weighted by Crippen LogP contribution is 2.51. The minimum Gasteiger partial charge on any atom is -0.208 e. The Balaban J connectivity index is 1.29. The first-order valence-corrected chi connectivity index (χ1v) is 16.1. The van der Waals surface area contributed by atoms with Crippen molar-refractivity contribution in [1.82, 2.24) is 15.0 Å². The van der Waals surface area contributed by atoms with Gasteiger partial charge < -0.3 is 0 Å². The Labute approximate surface area is 274 Å². The lowest BCUT2D eigenvalue weighted by Crippen LogP contribution is -2.17. The second-order valence-electron chi connectivity index (χ2n) is 12.8. The molecule has 1 aliphatic rings. The Morgan fingerprint density at radius 1 is 0.362 bits per heavy atom. The highest BCUT2D eigenvalue weighted by molar-refractivity contribution is 6.09. The summed E-state index contributed by atoms with van der Waals surface area (Å²) in [6.07, 6.45) is 0. The molecule has 8 aromatic rings. The Morgan fingerprint density at radius 3 is 1.70 bits per heavy atom. The van der Waals surface area contributed by atoms with Gasteiger partial charge in [0.15, 0.2) is 17.5 Å². The summed E-state index contributed by atoms with van der Waals surface area (Å²) in [7, 11) is 0. The molecule has 7 aromatic carbocycles. The lowest BCUT2D eigenvalue weighted by atomic mass is 9.80. The van der Waals surface area contributed by atoms with Crippen LogP contribution in [0.1, 0.15) is 25.0 Å². The summed E-state index contributed by atoms with van der Waals surface area (Å²) in [5, 5.41) is 4.75. The van der Waals surface area contributed by atoms with Gasteiger partial charge in [0.05, 0.1) is 0 Å². The van der Waals surface area contributed by atoms with E-state index >= 15 is 0 Å². The summed E-state index contributed by atoms with van der Waals surface area (Å²) < 4.78 is 0. The van der Waals surface area contributed by atoms with Crippen molar-refractivity contribution in [2.75, 3.05) is 0 Å². The maximum Gasteiger partial charge on any atom is 0.164 e. The fraction of sp³-hybridized carbons (Fsp3) is 0.0682. The summed E-state index contributed by atoms with van der Waals surface area (Å²) in [4.78, 5) is 15.6. The van der Waals surface area contributed by atoms with Crippen molar-refractivity contribution in [2.24, 2.45) is 0 Å². The molecule has 0 bridgehead atoms. The SMILES string of the molecule is CC1(C)c2ccccc2-c2cccc(-c3nc(-c4ccccc4)nc(-c4ccc(-c5cccc6ccccc56)c5ccccc45)n3)c21. The van der Waals surface area contributed by atoms with E-state index in [0.29, 0.717) is 17.5 Å². The van der Waals surface area contributed by atoms with Crippen LogP contribution in [0.25, 0.3) is 78.0 Å². The van der Waals surface area contributed by atoms with Crippen LogP contribution in [0.3, 0.4) is 0 Å². The van der Waals surface area contributed by atoms with E-state index in [1.165, 1.54) is 49.5 Å². The Bertz CT molecular complexity index is 2490. The molecule has 3 heteroatoms. The summed E-state index contributed by atoms with van der Waals surface area (Å²) in [5.41, 5.74) is 10.3. The molecule has 0 radical (unpaired) electrons. The van der Waals surface area contributed by atoms with Crippen LogP contribution >= 0.6 is 0 Å². The highest BCUT2D eigenvalue weighted by atomic mass is 15.0. The molecule has 0 saturated heterocycles. The fourth-order valence-corrected chi connectivity index (χ4v) is 7.56. The van der Waals surface area contributed by atoms with E-state index in [1.54, 1.807) is 0 Å². The monoisotopic (exact) mass is 601 g/mol. The molecule has 1 heterocycles. The molecule has 1 aromatic heterocycles. The van der Waals surface area contributed by atoms with E-state index < -0.39 is 0 Å². The van der Waals surface area contributed by atoms with Gasteiger partial charge in [-0.2, -0.15) is 0 Å². The van der Waals surface area contributed by atoms with Crippen LogP contribution in [-0.4, -0.2) is 15.0 Å². The van der Waals surface area contributed by atoms with E-state index in [9.17, 15) is 0 Å². The van der Waals surface area contributed by atoms with Gasteiger partial charge in [-0.1, -0.05) is 159 Å². The quantitative estimate of drug-likeness (QED) is 0.201. The number of fused-ring (bicyclic) bond motifs is 5. The molecule has 0 fully saturated rings. The highest BCUT2D eigenvalue weighted by Gasteiger charge is 2.38. The Morgan fingerprint density at radius 2 is 0.872 bits per heavy atom. The van der Waals surface area contributed by atoms with Crippen molar-refractivity contribution in [3.63, 3.8) is 0 Å². The minimum absolute atomic E-state index is 0.199. The summed E-state index contributed by atoms with van der Waals surface area (Å²) in [6.45, 7) is 4.61. The number of hydrogen-bond acceptors (Lipinski definition) is 3. The molecule has 3 nitrogen and oxygen atoms in total. The molecule has 0 amide bonds. The third kappa shape index (κ3) is 4.31. The van der Waals surface area contributed by atoms with Crippen LogP contribution in [-0.2, 0) is 5.41 Å². The molecule has 1 aliphatic carbocycles. The predicted octanol–water partition coefficient (Wildman–Crippen LogP) is 11.2. The zero-order chi connectivity index (χ0) is 31.5. The molecule has 0 unspecified atom stereocenters. The number of aromatic nitrogens is 3. The second kappa shape index (κ2) is 10.6. The van der Waals surface area contributed by atoms with Gasteiger partial charge in [0.1, 0.15) is 0 Å². The predicted molar refractivity (Wildman–Crippen MR) is 194 cm³/mol. The van der Waals surface area contributed by atoms with Crippen molar-refractivity contribution in [3.05, 3.63) is 163 Å². The van der Waals surface area contributed by atoms with Crippen molar-refractivity contribution in [1.29, 1.82) is 0 Å². The maximum absolute atomic E-state index is 5.29. The van der Waals surface area contributed by atoms with Crippen LogP contribution in [0.15, 0.2) is 152 Å². The minimum atomic E-state index is -0.199. The largest absolute Gasteiger partial charge is 0.208 e. The van der Waals surface area contributed by atoms with Gasteiger partial charge in [-0.15, -0.1) is 0 Å². The summed E-state index contributed by atoms with van der Waals surface area (Å²) in [6, 6.07) is 53.6. The van der Waals surface area contributed by atoms with Crippen LogP contribution < -0.4 is 0 Å². The van der Waals surface area contributed by atoms with Crippen LogP contribution in [0.2, 0.25) is 0 Å². The number of nitrogens with zero attached hydrogens (tertiary/aromatic N) is 3. The molecule has 0 spiro atoms. The first kappa shape index (κ1) is 27.4. The van der Waals surface area contributed by atoms with Gasteiger partial charge in [-0.05, 0) is 61.0 Å². The number of rotatable bonds is 4. The van der Waals surface area contributed by atoms with Crippen molar-refractivity contribution in [2.45, 2.75) is 19.3 Å². The zero-order valence-electron chi connectivity index (χ0n) is 26.3. The number of benzene rings is 7. The normalized spacial score (nSPS) is 13.1. The summed E-state index contributed by atoms with van der Waals surface area (Å²) in [5.74, 6) is 2.02. The third-order valence-electron chi connectivity index (χ3n) is 9.73. The van der Waals surface area contributed by atoms with E-state index in [0.717, 1.165) is 22.1 Å².